The molecule has 2 aromatic heterocycles. The van der Waals surface area contributed by atoms with Crippen LogP contribution in [0.25, 0.3) is 11.0 Å². The minimum Gasteiger partial charge on any atom is -0.360 e. The molecule has 0 aliphatic carbocycles. The molecule has 0 bridgehead atoms. The van der Waals surface area contributed by atoms with E-state index in [4.69, 9.17) is 11.6 Å². The summed E-state index contributed by atoms with van der Waals surface area (Å²) in [5.41, 5.74) is -0.144. The topological polar surface area (TPSA) is 55.6 Å². The third kappa shape index (κ3) is 3.39. The van der Waals surface area contributed by atoms with Crippen molar-refractivity contribution < 1.29 is 13.2 Å². The van der Waals surface area contributed by atoms with Gasteiger partial charge in [0.1, 0.15) is 5.82 Å². The first kappa shape index (κ1) is 17.5. The Morgan fingerprint density at radius 2 is 1.64 bits per heavy atom. The maximum absolute atomic E-state index is 12.7. The normalized spacial score (nSPS) is 12.6. The monoisotopic (exact) mass is 369 g/mol. The first-order chi connectivity index (χ1) is 11.6. The van der Waals surface area contributed by atoms with E-state index in [1.807, 2.05) is 13.8 Å². The van der Waals surface area contributed by atoms with E-state index < -0.39 is 17.3 Å². The summed E-state index contributed by atoms with van der Waals surface area (Å²) in [7, 11) is 1.73. The molecule has 0 fully saturated rings. The Hall–Kier alpha value is -2.35. The second-order valence-corrected chi connectivity index (χ2v) is 6.51. The van der Waals surface area contributed by atoms with Crippen LogP contribution >= 0.6 is 11.6 Å². The molecular formula is C16H15ClF3N5. The second kappa shape index (κ2) is 5.87. The van der Waals surface area contributed by atoms with E-state index in [1.54, 1.807) is 17.9 Å². The Bertz CT molecular complexity index is 916. The van der Waals surface area contributed by atoms with Crippen LogP contribution in [0.2, 0.25) is 5.28 Å². The van der Waals surface area contributed by atoms with Gasteiger partial charge in [0.25, 0.3) is 0 Å². The maximum atomic E-state index is 12.7. The van der Waals surface area contributed by atoms with Gasteiger partial charge in [0.2, 0.25) is 5.28 Å². The van der Waals surface area contributed by atoms with Crippen LogP contribution in [0, 0.1) is 0 Å². The highest BCUT2D eigenvalue weighted by Crippen LogP contribution is 2.33. The summed E-state index contributed by atoms with van der Waals surface area (Å²) in [6, 6.07) is 5.01. The molecule has 3 aromatic rings. The number of aryl methyl sites for hydroxylation is 1. The molecule has 0 saturated heterocycles. The standard InChI is InChI=1S/C16H15ClF3N5/c1-15(2,9-4-6-10(7-5-9)16(18,19)20)24-12-11-8-21-25(3)13(11)23-14(17)22-12/h4-8H,1-3H3,(H,22,23,24). The fraction of sp³-hybridized carbons (Fsp3) is 0.312. The number of hydrogen-bond donors (Lipinski definition) is 1. The molecule has 25 heavy (non-hydrogen) atoms. The summed E-state index contributed by atoms with van der Waals surface area (Å²) >= 11 is 5.97. The van der Waals surface area contributed by atoms with Crippen LogP contribution in [0.15, 0.2) is 30.5 Å². The van der Waals surface area contributed by atoms with Crippen molar-refractivity contribution in [2.75, 3.05) is 5.32 Å². The summed E-state index contributed by atoms with van der Waals surface area (Å²) in [6.45, 7) is 3.68. The van der Waals surface area contributed by atoms with Gasteiger partial charge in [-0.15, -0.1) is 0 Å². The molecule has 9 heteroatoms. The molecule has 132 valence electrons. The summed E-state index contributed by atoms with van der Waals surface area (Å²) in [5.74, 6) is 0.466. The van der Waals surface area contributed by atoms with Crippen LogP contribution in [0.5, 0.6) is 0 Å². The molecule has 0 radical (unpaired) electrons. The molecule has 0 saturated carbocycles. The lowest BCUT2D eigenvalue weighted by Gasteiger charge is -2.28. The number of nitrogens with one attached hydrogen (secondary N) is 1. The van der Waals surface area contributed by atoms with Crippen molar-refractivity contribution in [1.29, 1.82) is 0 Å². The lowest BCUT2D eigenvalue weighted by atomic mass is 9.93. The molecule has 0 amide bonds. The van der Waals surface area contributed by atoms with Crippen molar-refractivity contribution in [1.82, 2.24) is 19.7 Å². The highest BCUT2D eigenvalue weighted by atomic mass is 35.5. The molecule has 0 spiro atoms. The quantitative estimate of drug-likeness (QED) is 0.696. The number of rotatable bonds is 3. The van der Waals surface area contributed by atoms with Gasteiger partial charge in [-0.05, 0) is 43.1 Å². The van der Waals surface area contributed by atoms with Gasteiger partial charge in [-0.3, -0.25) is 4.68 Å². The van der Waals surface area contributed by atoms with Crippen LogP contribution in [-0.2, 0) is 18.8 Å². The van der Waals surface area contributed by atoms with E-state index in [1.165, 1.54) is 12.1 Å². The van der Waals surface area contributed by atoms with E-state index in [0.29, 0.717) is 22.4 Å². The Balaban J connectivity index is 1.96. The van der Waals surface area contributed by atoms with Gasteiger partial charge in [0, 0.05) is 7.05 Å². The highest BCUT2D eigenvalue weighted by Gasteiger charge is 2.31. The van der Waals surface area contributed by atoms with Crippen molar-refractivity contribution >= 4 is 28.5 Å². The van der Waals surface area contributed by atoms with E-state index in [-0.39, 0.29) is 5.28 Å². The Labute approximate surface area is 146 Å². The first-order valence-electron chi connectivity index (χ1n) is 7.39. The average Bonchev–Trinajstić information content (AvgIpc) is 2.88. The molecule has 0 atom stereocenters. The third-order valence-corrected chi connectivity index (χ3v) is 4.10. The van der Waals surface area contributed by atoms with Crippen molar-refractivity contribution in [3.05, 3.63) is 46.9 Å². The zero-order chi connectivity index (χ0) is 18.4. The Kier molecular flexibility index (Phi) is 4.10. The number of halogens is 4. The lowest BCUT2D eigenvalue weighted by Crippen LogP contribution is -2.28. The predicted molar refractivity (Wildman–Crippen MR) is 89.4 cm³/mol. The molecule has 5 nitrogen and oxygen atoms in total. The van der Waals surface area contributed by atoms with Crippen LogP contribution in [0.4, 0.5) is 19.0 Å². The number of alkyl halides is 3. The molecular weight excluding hydrogens is 355 g/mol. The summed E-state index contributed by atoms with van der Waals surface area (Å²) < 4.78 is 39.8. The smallest absolute Gasteiger partial charge is 0.360 e. The van der Waals surface area contributed by atoms with Gasteiger partial charge in [-0.2, -0.15) is 28.2 Å². The van der Waals surface area contributed by atoms with Gasteiger partial charge in [-0.1, -0.05) is 12.1 Å². The second-order valence-electron chi connectivity index (χ2n) is 6.17. The van der Waals surface area contributed by atoms with Gasteiger partial charge < -0.3 is 5.32 Å². The minimum atomic E-state index is -4.36. The predicted octanol–water partition coefficient (Wildman–Crippen LogP) is 4.38. The van der Waals surface area contributed by atoms with Crippen LogP contribution in [0.3, 0.4) is 0 Å². The van der Waals surface area contributed by atoms with E-state index in [2.05, 4.69) is 20.4 Å². The minimum absolute atomic E-state index is 0.0572. The fourth-order valence-electron chi connectivity index (χ4n) is 2.53. The Morgan fingerprint density at radius 1 is 1.04 bits per heavy atom. The fourth-order valence-corrected chi connectivity index (χ4v) is 2.70. The zero-order valence-corrected chi connectivity index (χ0v) is 14.4. The van der Waals surface area contributed by atoms with Crippen LogP contribution in [0.1, 0.15) is 25.0 Å². The molecule has 3 rings (SSSR count). The van der Waals surface area contributed by atoms with Crippen molar-refractivity contribution in [3.63, 3.8) is 0 Å². The van der Waals surface area contributed by atoms with Crippen LogP contribution in [-0.4, -0.2) is 19.7 Å². The van der Waals surface area contributed by atoms with Crippen molar-refractivity contribution in [2.45, 2.75) is 25.6 Å². The SMILES string of the molecule is Cn1ncc2c(NC(C)(C)c3ccc(C(F)(F)F)cc3)nc(Cl)nc21. The Morgan fingerprint density at radius 3 is 2.24 bits per heavy atom. The largest absolute Gasteiger partial charge is 0.416 e. The van der Waals surface area contributed by atoms with Gasteiger partial charge in [0.15, 0.2) is 5.65 Å². The van der Waals surface area contributed by atoms with Gasteiger partial charge in [-0.25, -0.2) is 0 Å². The zero-order valence-electron chi connectivity index (χ0n) is 13.7. The van der Waals surface area contributed by atoms with Gasteiger partial charge in [0.05, 0.1) is 22.7 Å². The molecule has 2 heterocycles. The number of anilines is 1. The highest BCUT2D eigenvalue weighted by molar-refractivity contribution is 6.28. The number of fused-ring (bicyclic) bond motifs is 1. The van der Waals surface area contributed by atoms with E-state index in [9.17, 15) is 13.2 Å². The molecule has 1 N–H and O–H groups in total. The van der Waals surface area contributed by atoms with Crippen molar-refractivity contribution in [2.24, 2.45) is 7.05 Å². The number of hydrogen-bond acceptors (Lipinski definition) is 4. The number of aromatic nitrogens is 4. The molecule has 0 aliphatic heterocycles. The first-order valence-corrected chi connectivity index (χ1v) is 7.77. The number of benzene rings is 1. The summed E-state index contributed by atoms with van der Waals surface area (Å²) in [5, 5.41) is 8.08. The van der Waals surface area contributed by atoms with E-state index >= 15 is 0 Å². The third-order valence-electron chi connectivity index (χ3n) is 3.93. The van der Waals surface area contributed by atoms with Gasteiger partial charge >= 0.3 is 6.18 Å². The summed E-state index contributed by atoms with van der Waals surface area (Å²) in [4.78, 5) is 8.32. The average molecular weight is 370 g/mol. The van der Waals surface area contributed by atoms with Crippen molar-refractivity contribution in [3.8, 4) is 0 Å². The molecule has 1 aromatic carbocycles. The van der Waals surface area contributed by atoms with E-state index in [0.717, 1.165) is 12.1 Å². The molecule has 0 unspecified atom stereocenters. The maximum Gasteiger partial charge on any atom is 0.416 e. The molecule has 0 aliphatic rings. The number of nitrogens with zero attached hydrogens (tertiary/aromatic N) is 4. The lowest BCUT2D eigenvalue weighted by molar-refractivity contribution is -0.137. The van der Waals surface area contributed by atoms with Crippen LogP contribution < -0.4 is 5.32 Å². The summed E-state index contributed by atoms with van der Waals surface area (Å²) in [6.07, 6.45) is -2.75.